The standard InChI is InChI=1S/C16H29NO/c1-11(18-3)10-17-12(2)16-7-13-4-14(8-16)6-15(5-13)9-16/h11-15,17H,4-10H2,1-3H3. The highest BCUT2D eigenvalue weighted by Crippen LogP contribution is 2.61. The molecule has 0 radical (unpaired) electrons. The predicted molar refractivity (Wildman–Crippen MR) is 74.5 cm³/mol. The minimum Gasteiger partial charge on any atom is -0.380 e. The molecule has 4 aliphatic rings. The third-order valence-corrected chi connectivity index (χ3v) is 6.12. The molecule has 4 saturated carbocycles. The maximum absolute atomic E-state index is 5.36. The minimum atomic E-state index is 0.335. The molecule has 2 nitrogen and oxygen atoms in total. The summed E-state index contributed by atoms with van der Waals surface area (Å²) in [5.74, 6) is 3.17. The Bertz CT molecular complexity index is 266. The molecule has 0 spiro atoms. The van der Waals surface area contributed by atoms with E-state index in [2.05, 4.69) is 19.2 Å². The van der Waals surface area contributed by atoms with Crippen LogP contribution in [0.5, 0.6) is 0 Å². The lowest BCUT2D eigenvalue weighted by atomic mass is 9.48. The van der Waals surface area contributed by atoms with Gasteiger partial charge in [-0.3, -0.25) is 0 Å². The summed E-state index contributed by atoms with van der Waals surface area (Å²) in [4.78, 5) is 0. The van der Waals surface area contributed by atoms with Crippen LogP contribution in [-0.2, 0) is 4.74 Å². The van der Waals surface area contributed by atoms with Crippen LogP contribution in [0.2, 0.25) is 0 Å². The van der Waals surface area contributed by atoms with Gasteiger partial charge in [0.25, 0.3) is 0 Å². The summed E-state index contributed by atoms with van der Waals surface area (Å²) in [6, 6.07) is 0.670. The van der Waals surface area contributed by atoms with E-state index in [1.165, 1.54) is 19.3 Å². The molecular weight excluding hydrogens is 222 g/mol. The Hall–Kier alpha value is -0.0800. The van der Waals surface area contributed by atoms with E-state index in [1.807, 2.05) is 7.11 Å². The molecule has 104 valence electrons. The van der Waals surface area contributed by atoms with E-state index in [0.29, 0.717) is 17.6 Å². The summed E-state index contributed by atoms with van der Waals surface area (Å²) in [5, 5.41) is 3.77. The Kier molecular flexibility index (Phi) is 3.44. The second-order valence-corrected chi connectivity index (χ2v) is 7.46. The van der Waals surface area contributed by atoms with E-state index in [-0.39, 0.29) is 0 Å². The van der Waals surface area contributed by atoms with Gasteiger partial charge in [0.1, 0.15) is 0 Å². The van der Waals surface area contributed by atoms with Crippen molar-refractivity contribution in [2.24, 2.45) is 23.2 Å². The summed E-state index contributed by atoms with van der Waals surface area (Å²) in [6.45, 7) is 5.58. The zero-order valence-electron chi connectivity index (χ0n) is 12.2. The van der Waals surface area contributed by atoms with Gasteiger partial charge in [0.05, 0.1) is 6.10 Å². The fourth-order valence-corrected chi connectivity index (χ4v) is 5.35. The third-order valence-electron chi connectivity index (χ3n) is 6.12. The summed E-state index contributed by atoms with van der Waals surface area (Å²) in [7, 11) is 1.81. The highest BCUT2D eigenvalue weighted by molar-refractivity contribution is 5.05. The van der Waals surface area contributed by atoms with Crippen LogP contribution in [0.1, 0.15) is 52.4 Å². The lowest BCUT2D eigenvalue weighted by Crippen LogP contribution is -2.55. The van der Waals surface area contributed by atoms with Crippen molar-refractivity contribution in [1.82, 2.24) is 5.32 Å². The van der Waals surface area contributed by atoms with Gasteiger partial charge in [0, 0.05) is 19.7 Å². The highest BCUT2D eigenvalue weighted by atomic mass is 16.5. The number of ether oxygens (including phenoxy) is 1. The molecule has 4 rings (SSSR count). The molecule has 4 aliphatic carbocycles. The van der Waals surface area contributed by atoms with Crippen LogP contribution in [0.4, 0.5) is 0 Å². The molecule has 18 heavy (non-hydrogen) atoms. The van der Waals surface area contributed by atoms with Gasteiger partial charge in [0.15, 0.2) is 0 Å². The monoisotopic (exact) mass is 251 g/mol. The van der Waals surface area contributed by atoms with Gasteiger partial charge in [0.2, 0.25) is 0 Å². The third kappa shape index (κ3) is 2.22. The zero-order chi connectivity index (χ0) is 12.8. The first-order valence-electron chi connectivity index (χ1n) is 7.87. The van der Waals surface area contributed by atoms with Crippen molar-refractivity contribution in [2.75, 3.05) is 13.7 Å². The first-order valence-corrected chi connectivity index (χ1v) is 7.87. The maximum Gasteiger partial charge on any atom is 0.0667 e. The normalized spacial score (nSPS) is 45.2. The smallest absolute Gasteiger partial charge is 0.0667 e. The molecule has 2 heteroatoms. The molecule has 4 bridgehead atoms. The molecule has 0 aromatic carbocycles. The topological polar surface area (TPSA) is 21.3 Å². The van der Waals surface area contributed by atoms with Crippen LogP contribution < -0.4 is 5.32 Å². The average Bonchev–Trinajstić information content (AvgIpc) is 2.33. The van der Waals surface area contributed by atoms with E-state index in [4.69, 9.17) is 4.74 Å². The first kappa shape index (κ1) is 12.9. The van der Waals surface area contributed by atoms with E-state index >= 15 is 0 Å². The van der Waals surface area contributed by atoms with Gasteiger partial charge in [-0.15, -0.1) is 0 Å². The SMILES string of the molecule is COC(C)CNC(C)C12CC3CC(CC(C3)C1)C2. The molecule has 0 amide bonds. The Morgan fingerprint density at radius 2 is 1.56 bits per heavy atom. The van der Waals surface area contributed by atoms with Crippen LogP contribution in [-0.4, -0.2) is 25.8 Å². The van der Waals surface area contributed by atoms with Crippen LogP contribution >= 0.6 is 0 Å². The summed E-state index contributed by atoms with van der Waals surface area (Å²) in [6.07, 6.45) is 9.44. The Balaban J connectivity index is 1.63. The summed E-state index contributed by atoms with van der Waals surface area (Å²) >= 11 is 0. The fourth-order valence-electron chi connectivity index (χ4n) is 5.35. The quantitative estimate of drug-likeness (QED) is 0.810. The van der Waals surface area contributed by atoms with E-state index in [0.717, 1.165) is 24.3 Å². The zero-order valence-corrected chi connectivity index (χ0v) is 12.2. The van der Waals surface area contributed by atoms with Crippen LogP contribution in [0, 0.1) is 23.2 Å². The first-order chi connectivity index (χ1) is 8.61. The number of methoxy groups -OCH3 is 1. The van der Waals surface area contributed by atoms with Gasteiger partial charge >= 0.3 is 0 Å². The van der Waals surface area contributed by atoms with Crippen LogP contribution in [0.15, 0.2) is 0 Å². The van der Waals surface area contributed by atoms with Gasteiger partial charge in [-0.25, -0.2) is 0 Å². The molecule has 0 saturated heterocycles. The van der Waals surface area contributed by atoms with Crippen molar-refractivity contribution < 1.29 is 4.74 Å². The van der Waals surface area contributed by atoms with Crippen molar-refractivity contribution >= 4 is 0 Å². The largest absolute Gasteiger partial charge is 0.380 e. The van der Waals surface area contributed by atoms with Gasteiger partial charge in [-0.05, 0) is 75.5 Å². The molecule has 0 aromatic heterocycles. The Morgan fingerprint density at radius 1 is 1.06 bits per heavy atom. The van der Waals surface area contributed by atoms with E-state index in [9.17, 15) is 0 Å². The van der Waals surface area contributed by atoms with Gasteiger partial charge in [-0.1, -0.05) is 0 Å². The van der Waals surface area contributed by atoms with Crippen molar-refractivity contribution in [3.63, 3.8) is 0 Å². The molecular formula is C16H29NO. The number of nitrogens with one attached hydrogen (secondary N) is 1. The van der Waals surface area contributed by atoms with Crippen LogP contribution in [0.25, 0.3) is 0 Å². The van der Waals surface area contributed by atoms with E-state index < -0.39 is 0 Å². The molecule has 1 N–H and O–H groups in total. The molecule has 0 aliphatic heterocycles. The summed E-state index contributed by atoms with van der Waals surface area (Å²) < 4.78 is 5.36. The lowest BCUT2D eigenvalue weighted by molar-refractivity contribution is -0.0718. The summed E-state index contributed by atoms with van der Waals surface area (Å²) in [5.41, 5.74) is 0.627. The predicted octanol–water partition coefficient (Wildman–Crippen LogP) is 3.22. The Labute approximate surface area is 112 Å². The van der Waals surface area contributed by atoms with Gasteiger partial charge < -0.3 is 10.1 Å². The number of hydrogen-bond donors (Lipinski definition) is 1. The second-order valence-electron chi connectivity index (χ2n) is 7.46. The van der Waals surface area contributed by atoms with Crippen molar-refractivity contribution in [3.8, 4) is 0 Å². The van der Waals surface area contributed by atoms with E-state index in [1.54, 1.807) is 19.3 Å². The number of hydrogen-bond acceptors (Lipinski definition) is 2. The second kappa shape index (κ2) is 4.79. The maximum atomic E-state index is 5.36. The number of rotatable bonds is 5. The fraction of sp³-hybridized carbons (Fsp3) is 1.00. The van der Waals surface area contributed by atoms with Crippen molar-refractivity contribution in [3.05, 3.63) is 0 Å². The average molecular weight is 251 g/mol. The highest BCUT2D eigenvalue weighted by Gasteiger charge is 2.52. The Morgan fingerprint density at radius 3 is 2.00 bits per heavy atom. The molecule has 0 heterocycles. The van der Waals surface area contributed by atoms with Crippen molar-refractivity contribution in [1.29, 1.82) is 0 Å². The molecule has 4 fully saturated rings. The van der Waals surface area contributed by atoms with Crippen LogP contribution in [0.3, 0.4) is 0 Å². The lowest BCUT2D eigenvalue weighted by Gasteiger charge is -2.59. The minimum absolute atomic E-state index is 0.335. The van der Waals surface area contributed by atoms with Crippen molar-refractivity contribution in [2.45, 2.75) is 64.5 Å². The molecule has 2 unspecified atom stereocenters. The molecule has 0 aromatic rings. The molecule has 2 atom stereocenters. The van der Waals surface area contributed by atoms with Gasteiger partial charge in [-0.2, -0.15) is 0 Å².